The molecule has 0 amide bonds. The number of benzene rings is 2. The molecule has 0 spiro atoms. The summed E-state index contributed by atoms with van der Waals surface area (Å²) in [6.07, 6.45) is 0. The average molecular weight is 288 g/mol. The van der Waals surface area contributed by atoms with E-state index in [2.05, 4.69) is 0 Å². The maximum absolute atomic E-state index is 11.8. The number of rotatable bonds is 5. The Labute approximate surface area is 122 Å². The van der Waals surface area contributed by atoms with Crippen LogP contribution in [0.4, 0.5) is 0 Å². The standard InChI is InChI=1S/C16H16O3S/c1-11(17)16-14(19-3)5-4-6-15(16)20-13-9-7-12(18-2)8-10-13/h4-10H,1-3H3. The molecule has 104 valence electrons. The van der Waals surface area contributed by atoms with E-state index in [1.54, 1.807) is 27.2 Å². The minimum Gasteiger partial charge on any atom is -0.497 e. The Morgan fingerprint density at radius 3 is 2.25 bits per heavy atom. The molecule has 0 N–H and O–H groups in total. The largest absolute Gasteiger partial charge is 0.497 e. The van der Waals surface area contributed by atoms with Crippen LogP contribution in [0.2, 0.25) is 0 Å². The third kappa shape index (κ3) is 3.14. The monoisotopic (exact) mass is 288 g/mol. The molecule has 2 aromatic carbocycles. The van der Waals surface area contributed by atoms with Gasteiger partial charge in [-0.2, -0.15) is 0 Å². The van der Waals surface area contributed by atoms with Gasteiger partial charge in [-0.15, -0.1) is 0 Å². The SMILES string of the molecule is COc1ccc(Sc2cccc(OC)c2C(C)=O)cc1. The zero-order valence-corrected chi connectivity index (χ0v) is 12.5. The number of carbonyl (C=O) groups excluding carboxylic acids is 1. The molecule has 0 aliphatic rings. The van der Waals surface area contributed by atoms with Gasteiger partial charge in [-0.25, -0.2) is 0 Å². The normalized spacial score (nSPS) is 10.2. The summed E-state index contributed by atoms with van der Waals surface area (Å²) in [7, 11) is 3.21. The number of methoxy groups -OCH3 is 2. The maximum Gasteiger partial charge on any atom is 0.164 e. The van der Waals surface area contributed by atoms with Crippen molar-refractivity contribution in [3.8, 4) is 11.5 Å². The predicted octanol–water partition coefficient (Wildman–Crippen LogP) is 4.06. The molecule has 2 rings (SSSR count). The summed E-state index contributed by atoms with van der Waals surface area (Å²) in [6.45, 7) is 1.55. The quantitative estimate of drug-likeness (QED) is 0.777. The highest BCUT2D eigenvalue weighted by Crippen LogP contribution is 2.35. The summed E-state index contributed by atoms with van der Waals surface area (Å²) in [5, 5.41) is 0. The number of hydrogen-bond donors (Lipinski definition) is 0. The molecule has 0 unspecified atom stereocenters. The first kappa shape index (κ1) is 14.5. The van der Waals surface area contributed by atoms with Crippen LogP contribution in [0.25, 0.3) is 0 Å². The van der Waals surface area contributed by atoms with Gasteiger partial charge in [0, 0.05) is 9.79 Å². The summed E-state index contributed by atoms with van der Waals surface area (Å²) in [6, 6.07) is 13.3. The molecule has 0 aliphatic heterocycles. The lowest BCUT2D eigenvalue weighted by atomic mass is 10.1. The van der Waals surface area contributed by atoms with Gasteiger partial charge in [0.2, 0.25) is 0 Å². The minimum atomic E-state index is -0.00142. The highest BCUT2D eigenvalue weighted by atomic mass is 32.2. The molecular weight excluding hydrogens is 272 g/mol. The van der Waals surface area contributed by atoms with E-state index in [9.17, 15) is 4.79 Å². The van der Waals surface area contributed by atoms with Crippen molar-refractivity contribution in [3.63, 3.8) is 0 Å². The van der Waals surface area contributed by atoms with Crippen LogP contribution < -0.4 is 9.47 Å². The summed E-state index contributed by atoms with van der Waals surface area (Å²) in [4.78, 5) is 13.8. The van der Waals surface area contributed by atoms with Crippen molar-refractivity contribution in [3.05, 3.63) is 48.0 Å². The molecule has 0 aliphatic carbocycles. The van der Waals surface area contributed by atoms with Crippen LogP contribution in [0, 0.1) is 0 Å². The lowest BCUT2D eigenvalue weighted by molar-refractivity contribution is 0.101. The lowest BCUT2D eigenvalue weighted by Gasteiger charge is -2.11. The fraction of sp³-hybridized carbons (Fsp3) is 0.188. The molecule has 2 aromatic rings. The van der Waals surface area contributed by atoms with Crippen LogP contribution in [0.15, 0.2) is 52.3 Å². The van der Waals surface area contributed by atoms with E-state index in [1.165, 1.54) is 11.8 Å². The summed E-state index contributed by atoms with van der Waals surface area (Å²) >= 11 is 1.53. The van der Waals surface area contributed by atoms with Crippen molar-refractivity contribution in [2.24, 2.45) is 0 Å². The van der Waals surface area contributed by atoms with Crippen LogP contribution >= 0.6 is 11.8 Å². The van der Waals surface area contributed by atoms with Crippen molar-refractivity contribution >= 4 is 17.5 Å². The van der Waals surface area contributed by atoms with Crippen LogP contribution in [0.5, 0.6) is 11.5 Å². The zero-order valence-electron chi connectivity index (χ0n) is 11.7. The smallest absolute Gasteiger partial charge is 0.164 e. The highest BCUT2D eigenvalue weighted by molar-refractivity contribution is 7.99. The number of Topliss-reactive ketones (excluding diaryl/α,β-unsaturated/α-hetero) is 1. The Balaban J connectivity index is 2.34. The van der Waals surface area contributed by atoms with E-state index in [0.29, 0.717) is 11.3 Å². The first-order chi connectivity index (χ1) is 9.65. The fourth-order valence-electron chi connectivity index (χ4n) is 1.88. The molecule has 0 aromatic heterocycles. The summed E-state index contributed by atoms with van der Waals surface area (Å²) in [5.41, 5.74) is 0.621. The third-order valence-electron chi connectivity index (χ3n) is 2.85. The van der Waals surface area contributed by atoms with Gasteiger partial charge in [-0.05, 0) is 43.3 Å². The van der Waals surface area contributed by atoms with Crippen molar-refractivity contribution in [1.29, 1.82) is 0 Å². The molecule has 0 saturated carbocycles. The second-order valence-corrected chi connectivity index (χ2v) is 5.28. The van der Waals surface area contributed by atoms with Gasteiger partial charge < -0.3 is 9.47 Å². The number of ketones is 1. The average Bonchev–Trinajstić information content (AvgIpc) is 2.47. The number of hydrogen-bond acceptors (Lipinski definition) is 4. The molecule has 3 nitrogen and oxygen atoms in total. The molecule has 0 bridgehead atoms. The molecule has 0 atom stereocenters. The molecule has 0 heterocycles. The molecule has 0 fully saturated rings. The topological polar surface area (TPSA) is 35.5 Å². The van der Waals surface area contributed by atoms with Crippen LogP contribution in [-0.4, -0.2) is 20.0 Å². The molecule has 4 heteroatoms. The van der Waals surface area contributed by atoms with Gasteiger partial charge >= 0.3 is 0 Å². The highest BCUT2D eigenvalue weighted by Gasteiger charge is 2.14. The minimum absolute atomic E-state index is 0.00142. The second kappa shape index (κ2) is 6.48. The molecule has 0 radical (unpaired) electrons. The maximum atomic E-state index is 11.8. The Morgan fingerprint density at radius 1 is 1.00 bits per heavy atom. The lowest BCUT2D eigenvalue weighted by Crippen LogP contribution is -1.99. The van der Waals surface area contributed by atoms with E-state index in [-0.39, 0.29) is 5.78 Å². The Hall–Kier alpha value is -1.94. The van der Waals surface area contributed by atoms with E-state index in [0.717, 1.165) is 15.5 Å². The van der Waals surface area contributed by atoms with E-state index < -0.39 is 0 Å². The Morgan fingerprint density at radius 2 is 1.70 bits per heavy atom. The number of carbonyl (C=O) groups is 1. The third-order valence-corrected chi connectivity index (χ3v) is 3.92. The van der Waals surface area contributed by atoms with Gasteiger partial charge in [0.1, 0.15) is 11.5 Å². The number of ether oxygens (including phenoxy) is 2. The van der Waals surface area contributed by atoms with Crippen molar-refractivity contribution < 1.29 is 14.3 Å². The molecule has 0 saturated heterocycles. The summed E-state index contributed by atoms with van der Waals surface area (Å²) < 4.78 is 10.4. The Kier molecular flexibility index (Phi) is 4.69. The van der Waals surface area contributed by atoms with Crippen molar-refractivity contribution in [1.82, 2.24) is 0 Å². The summed E-state index contributed by atoms with van der Waals surface area (Å²) in [5.74, 6) is 1.42. The van der Waals surface area contributed by atoms with Crippen molar-refractivity contribution in [2.45, 2.75) is 16.7 Å². The van der Waals surface area contributed by atoms with Gasteiger partial charge in [0.15, 0.2) is 5.78 Å². The van der Waals surface area contributed by atoms with E-state index >= 15 is 0 Å². The second-order valence-electron chi connectivity index (χ2n) is 4.17. The van der Waals surface area contributed by atoms with Crippen LogP contribution in [-0.2, 0) is 0 Å². The van der Waals surface area contributed by atoms with Gasteiger partial charge in [-0.3, -0.25) is 4.79 Å². The predicted molar refractivity (Wildman–Crippen MR) is 80.1 cm³/mol. The van der Waals surface area contributed by atoms with Gasteiger partial charge in [0.25, 0.3) is 0 Å². The first-order valence-electron chi connectivity index (χ1n) is 6.15. The van der Waals surface area contributed by atoms with Crippen molar-refractivity contribution in [2.75, 3.05) is 14.2 Å². The molecule has 20 heavy (non-hydrogen) atoms. The van der Waals surface area contributed by atoms with Gasteiger partial charge in [0.05, 0.1) is 19.8 Å². The first-order valence-corrected chi connectivity index (χ1v) is 6.97. The van der Waals surface area contributed by atoms with Crippen LogP contribution in [0.3, 0.4) is 0 Å². The van der Waals surface area contributed by atoms with E-state index in [4.69, 9.17) is 9.47 Å². The van der Waals surface area contributed by atoms with Gasteiger partial charge in [-0.1, -0.05) is 17.8 Å². The Bertz CT molecular complexity index is 606. The van der Waals surface area contributed by atoms with Crippen LogP contribution in [0.1, 0.15) is 17.3 Å². The zero-order chi connectivity index (χ0) is 14.5. The molecular formula is C16H16O3S. The van der Waals surface area contributed by atoms with E-state index in [1.807, 2.05) is 36.4 Å². The fourth-order valence-corrected chi connectivity index (χ4v) is 2.90.